The number of alkyl halides is 2. The molecular formula is C24H36F2N4O4. The van der Waals surface area contributed by atoms with E-state index in [1.165, 1.54) is 4.90 Å². The number of aliphatic hydroxyl groups excluding tert-OH is 1. The Labute approximate surface area is 199 Å². The van der Waals surface area contributed by atoms with Crippen molar-refractivity contribution < 1.29 is 28.3 Å². The van der Waals surface area contributed by atoms with Crippen LogP contribution in [0.5, 0.6) is 0 Å². The fourth-order valence-electron chi connectivity index (χ4n) is 3.91. The Bertz CT molecular complexity index is 851. The zero-order valence-electron chi connectivity index (χ0n) is 20.1. The first-order valence-electron chi connectivity index (χ1n) is 11.6. The molecule has 1 saturated heterocycles. The van der Waals surface area contributed by atoms with E-state index >= 15 is 0 Å². The SMILES string of the molecule is CC(C)C(N)C(=O)N1CCCC1C(=O)NC(C(C)C)C(O)C(F)(F)C(=O)NCc1ccccc1. The normalized spacial score (nSPS) is 19.1. The van der Waals surface area contributed by atoms with Gasteiger partial charge in [-0.25, -0.2) is 0 Å². The van der Waals surface area contributed by atoms with E-state index in [1.807, 2.05) is 0 Å². The summed E-state index contributed by atoms with van der Waals surface area (Å²) in [5.41, 5.74) is 6.58. The number of rotatable bonds is 10. The van der Waals surface area contributed by atoms with Crippen molar-refractivity contribution in [3.63, 3.8) is 0 Å². The van der Waals surface area contributed by atoms with Gasteiger partial charge in [0.1, 0.15) is 12.1 Å². The Balaban J connectivity index is 2.09. The molecule has 5 N–H and O–H groups in total. The van der Waals surface area contributed by atoms with Crippen molar-refractivity contribution in [1.29, 1.82) is 0 Å². The van der Waals surface area contributed by atoms with E-state index < -0.39 is 47.9 Å². The molecule has 4 unspecified atom stereocenters. The van der Waals surface area contributed by atoms with Crippen LogP contribution in [0, 0.1) is 11.8 Å². The Hall–Kier alpha value is -2.59. The van der Waals surface area contributed by atoms with Crippen molar-refractivity contribution >= 4 is 17.7 Å². The minimum Gasteiger partial charge on any atom is -0.384 e. The molecule has 1 heterocycles. The number of halogens is 2. The van der Waals surface area contributed by atoms with Gasteiger partial charge in [0, 0.05) is 13.1 Å². The fourth-order valence-corrected chi connectivity index (χ4v) is 3.91. The maximum absolute atomic E-state index is 14.9. The highest BCUT2D eigenvalue weighted by molar-refractivity contribution is 5.90. The van der Waals surface area contributed by atoms with E-state index in [-0.39, 0.29) is 18.4 Å². The van der Waals surface area contributed by atoms with Gasteiger partial charge >= 0.3 is 5.92 Å². The Morgan fingerprint density at radius 1 is 1.15 bits per heavy atom. The number of likely N-dealkylation sites (tertiary alicyclic amines) is 1. The summed E-state index contributed by atoms with van der Waals surface area (Å²) in [4.78, 5) is 39.3. The van der Waals surface area contributed by atoms with Crippen molar-refractivity contribution in [1.82, 2.24) is 15.5 Å². The summed E-state index contributed by atoms with van der Waals surface area (Å²) in [5.74, 6) is -7.56. The molecule has 0 saturated carbocycles. The van der Waals surface area contributed by atoms with Crippen molar-refractivity contribution in [2.45, 2.75) is 77.2 Å². The number of carbonyl (C=O) groups excluding carboxylic acids is 3. The third kappa shape index (κ3) is 6.50. The monoisotopic (exact) mass is 482 g/mol. The molecule has 0 aliphatic carbocycles. The highest BCUT2D eigenvalue weighted by Gasteiger charge is 2.51. The Morgan fingerprint density at radius 3 is 2.32 bits per heavy atom. The predicted molar refractivity (Wildman–Crippen MR) is 124 cm³/mol. The summed E-state index contributed by atoms with van der Waals surface area (Å²) in [7, 11) is 0. The Morgan fingerprint density at radius 2 is 1.76 bits per heavy atom. The van der Waals surface area contributed by atoms with Crippen LogP contribution in [0.4, 0.5) is 8.78 Å². The van der Waals surface area contributed by atoms with Crippen molar-refractivity contribution in [2.24, 2.45) is 17.6 Å². The molecule has 0 radical (unpaired) electrons. The maximum atomic E-state index is 14.9. The average Bonchev–Trinajstić information content (AvgIpc) is 3.29. The molecule has 8 nitrogen and oxygen atoms in total. The van der Waals surface area contributed by atoms with Gasteiger partial charge in [0.05, 0.1) is 12.1 Å². The summed E-state index contributed by atoms with van der Waals surface area (Å²) in [6.07, 6.45) is -1.53. The highest BCUT2D eigenvalue weighted by Crippen LogP contribution is 2.26. The van der Waals surface area contributed by atoms with Crippen molar-refractivity contribution in [2.75, 3.05) is 6.54 Å². The summed E-state index contributed by atoms with van der Waals surface area (Å²) in [5, 5.41) is 15.1. The fraction of sp³-hybridized carbons (Fsp3) is 0.625. The zero-order valence-corrected chi connectivity index (χ0v) is 20.1. The predicted octanol–water partition coefficient (Wildman–Crippen LogP) is 1.41. The minimum atomic E-state index is -4.15. The van der Waals surface area contributed by atoms with Crippen LogP contribution in [0.25, 0.3) is 0 Å². The molecule has 1 aromatic rings. The van der Waals surface area contributed by atoms with E-state index in [0.717, 1.165) is 0 Å². The van der Waals surface area contributed by atoms with Gasteiger partial charge in [0.15, 0.2) is 0 Å². The number of hydrogen-bond acceptors (Lipinski definition) is 5. The number of aliphatic hydroxyl groups is 1. The lowest BCUT2D eigenvalue weighted by atomic mass is 9.93. The summed E-state index contributed by atoms with van der Waals surface area (Å²) >= 11 is 0. The van der Waals surface area contributed by atoms with Gasteiger partial charge in [-0.3, -0.25) is 14.4 Å². The third-order valence-electron chi connectivity index (χ3n) is 6.18. The first kappa shape index (κ1) is 27.7. The number of nitrogens with zero attached hydrogens (tertiary/aromatic N) is 1. The molecule has 190 valence electrons. The molecule has 1 aliphatic heterocycles. The number of amides is 3. The third-order valence-corrected chi connectivity index (χ3v) is 6.18. The zero-order chi connectivity index (χ0) is 25.6. The quantitative estimate of drug-likeness (QED) is 0.401. The Kier molecular flexibility index (Phi) is 9.52. The topological polar surface area (TPSA) is 125 Å². The van der Waals surface area contributed by atoms with Crippen LogP contribution in [0.15, 0.2) is 30.3 Å². The standard InChI is InChI=1S/C24H36F2N4O4/c1-14(2)18(27)22(33)30-12-8-11-17(30)21(32)29-19(15(3)4)20(31)24(25,26)23(34)28-13-16-9-6-5-7-10-16/h5-7,9-10,14-15,17-20,31H,8,11-13,27H2,1-4H3,(H,28,34)(H,29,32). The lowest BCUT2D eigenvalue weighted by Crippen LogP contribution is -2.61. The molecule has 0 spiro atoms. The van der Waals surface area contributed by atoms with Crippen LogP contribution in [0.1, 0.15) is 46.1 Å². The van der Waals surface area contributed by atoms with Crippen LogP contribution < -0.4 is 16.4 Å². The number of nitrogens with two attached hydrogens (primary N) is 1. The minimum absolute atomic E-state index is 0.129. The second-order valence-electron chi connectivity index (χ2n) is 9.47. The second-order valence-corrected chi connectivity index (χ2v) is 9.47. The van der Waals surface area contributed by atoms with Gasteiger partial charge in [-0.15, -0.1) is 0 Å². The smallest absolute Gasteiger partial charge is 0.351 e. The first-order chi connectivity index (χ1) is 15.9. The van der Waals surface area contributed by atoms with Gasteiger partial charge in [-0.1, -0.05) is 58.0 Å². The van der Waals surface area contributed by atoms with Crippen LogP contribution in [0.2, 0.25) is 0 Å². The molecule has 0 bridgehead atoms. The molecule has 0 aromatic heterocycles. The molecule has 1 fully saturated rings. The summed E-state index contributed by atoms with van der Waals surface area (Å²) in [6.45, 7) is 6.91. The lowest BCUT2D eigenvalue weighted by Gasteiger charge is -2.34. The van der Waals surface area contributed by atoms with Crippen LogP contribution in [-0.4, -0.2) is 64.4 Å². The van der Waals surface area contributed by atoms with E-state index in [2.05, 4.69) is 10.6 Å². The molecule has 3 amide bonds. The first-order valence-corrected chi connectivity index (χ1v) is 11.6. The van der Waals surface area contributed by atoms with Gasteiger partial charge < -0.3 is 26.4 Å². The molecule has 10 heteroatoms. The van der Waals surface area contributed by atoms with E-state index in [0.29, 0.717) is 24.9 Å². The van der Waals surface area contributed by atoms with Crippen LogP contribution in [-0.2, 0) is 20.9 Å². The van der Waals surface area contributed by atoms with Gasteiger partial charge in [-0.2, -0.15) is 8.78 Å². The largest absolute Gasteiger partial charge is 0.384 e. The number of benzene rings is 1. The summed E-state index contributed by atoms with van der Waals surface area (Å²) in [6, 6.07) is 5.46. The van der Waals surface area contributed by atoms with Gasteiger partial charge in [0.2, 0.25) is 11.8 Å². The second kappa shape index (κ2) is 11.7. The van der Waals surface area contributed by atoms with E-state index in [1.54, 1.807) is 58.0 Å². The number of hydrogen-bond donors (Lipinski definition) is 4. The van der Waals surface area contributed by atoms with Crippen LogP contribution >= 0.6 is 0 Å². The molecule has 2 rings (SSSR count). The van der Waals surface area contributed by atoms with Gasteiger partial charge in [0.25, 0.3) is 5.91 Å². The molecule has 1 aliphatic rings. The molecule has 4 atom stereocenters. The summed E-state index contributed by atoms with van der Waals surface area (Å²) < 4.78 is 29.7. The van der Waals surface area contributed by atoms with Gasteiger partial charge in [-0.05, 0) is 30.2 Å². The molecular weight excluding hydrogens is 446 g/mol. The highest BCUT2D eigenvalue weighted by atomic mass is 19.3. The van der Waals surface area contributed by atoms with Crippen molar-refractivity contribution in [3.8, 4) is 0 Å². The molecule has 34 heavy (non-hydrogen) atoms. The lowest BCUT2D eigenvalue weighted by molar-refractivity contribution is -0.169. The maximum Gasteiger partial charge on any atom is 0.351 e. The van der Waals surface area contributed by atoms with Crippen molar-refractivity contribution in [3.05, 3.63) is 35.9 Å². The number of carbonyl (C=O) groups is 3. The van der Waals surface area contributed by atoms with Crippen LogP contribution in [0.3, 0.4) is 0 Å². The van der Waals surface area contributed by atoms with E-state index in [4.69, 9.17) is 5.73 Å². The molecule has 1 aromatic carbocycles. The number of nitrogens with one attached hydrogen (secondary N) is 2. The average molecular weight is 483 g/mol. The van der Waals surface area contributed by atoms with E-state index in [9.17, 15) is 28.3 Å².